The van der Waals surface area contributed by atoms with Crippen molar-refractivity contribution >= 4 is 0 Å². The third-order valence-corrected chi connectivity index (χ3v) is 2.42. The van der Waals surface area contributed by atoms with Crippen molar-refractivity contribution in [2.75, 3.05) is 0 Å². The van der Waals surface area contributed by atoms with Gasteiger partial charge in [0.1, 0.15) is 0 Å². The van der Waals surface area contributed by atoms with Gasteiger partial charge in [-0.2, -0.15) is 0 Å². The molecule has 1 rings (SSSR count). The van der Waals surface area contributed by atoms with E-state index in [2.05, 4.69) is 32.7 Å². The van der Waals surface area contributed by atoms with E-state index in [9.17, 15) is 0 Å². The van der Waals surface area contributed by atoms with Crippen LogP contribution in [-0.4, -0.2) is 4.98 Å². The Balaban J connectivity index is 3.15. The number of aromatic amines is 1. The molecule has 1 heteroatoms. The predicted molar refractivity (Wildman–Crippen MR) is 49.0 cm³/mol. The summed E-state index contributed by atoms with van der Waals surface area (Å²) in [5.41, 5.74) is 5.72. The number of nitrogens with one attached hydrogen (secondary N) is 1. The van der Waals surface area contributed by atoms with E-state index in [1.807, 2.05) is 0 Å². The summed E-state index contributed by atoms with van der Waals surface area (Å²) in [6, 6.07) is 0. The highest BCUT2D eigenvalue weighted by Crippen LogP contribution is 2.18. The highest BCUT2D eigenvalue weighted by atomic mass is 14.7. The van der Waals surface area contributed by atoms with Crippen molar-refractivity contribution in [2.45, 2.75) is 40.5 Å². The highest BCUT2D eigenvalue weighted by molar-refractivity contribution is 5.35. The lowest BCUT2D eigenvalue weighted by Crippen LogP contribution is -1.87. The van der Waals surface area contributed by atoms with Crippen LogP contribution in [0.3, 0.4) is 0 Å². The van der Waals surface area contributed by atoms with Crippen molar-refractivity contribution in [3.63, 3.8) is 0 Å². The molecule has 11 heavy (non-hydrogen) atoms. The summed E-state index contributed by atoms with van der Waals surface area (Å²) in [5, 5.41) is 0. The molecule has 0 aromatic carbocycles. The van der Waals surface area contributed by atoms with E-state index in [0.29, 0.717) is 0 Å². The Morgan fingerprint density at radius 3 is 2.09 bits per heavy atom. The molecule has 0 saturated carbocycles. The Kier molecular flexibility index (Phi) is 2.38. The van der Waals surface area contributed by atoms with Crippen LogP contribution in [0.1, 0.15) is 36.4 Å². The number of hydrogen-bond donors (Lipinski definition) is 1. The average molecular weight is 151 g/mol. The molecule has 0 aliphatic carbocycles. The van der Waals surface area contributed by atoms with Crippen LogP contribution in [-0.2, 0) is 12.8 Å². The largest absolute Gasteiger partial charge is 0.362 e. The van der Waals surface area contributed by atoms with Crippen molar-refractivity contribution in [2.24, 2.45) is 0 Å². The second-order valence-corrected chi connectivity index (χ2v) is 3.04. The van der Waals surface area contributed by atoms with Crippen LogP contribution >= 0.6 is 0 Å². The van der Waals surface area contributed by atoms with Crippen LogP contribution in [0.4, 0.5) is 0 Å². The molecule has 0 saturated heterocycles. The third kappa shape index (κ3) is 1.32. The minimum absolute atomic E-state index is 1.12. The second kappa shape index (κ2) is 3.12. The smallest absolute Gasteiger partial charge is 0.0181 e. The normalized spacial score (nSPS) is 10.5. The molecule has 0 aliphatic heterocycles. The third-order valence-electron chi connectivity index (χ3n) is 2.42. The Morgan fingerprint density at radius 1 is 1.09 bits per heavy atom. The van der Waals surface area contributed by atoms with Gasteiger partial charge in [-0.1, -0.05) is 13.8 Å². The van der Waals surface area contributed by atoms with Gasteiger partial charge in [0, 0.05) is 11.4 Å². The molecule has 0 aliphatic rings. The van der Waals surface area contributed by atoms with Crippen molar-refractivity contribution in [3.05, 3.63) is 22.5 Å². The average Bonchev–Trinajstić information content (AvgIpc) is 2.28. The van der Waals surface area contributed by atoms with Gasteiger partial charge in [0.05, 0.1) is 0 Å². The first-order valence-corrected chi connectivity index (χ1v) is 4.37. The number of H-pyrrole nitrogens is 1. The van der Waals surface area contributed by atoms with E-state index < -0.39 is 0 Å². The number of aryl methyl sites for hydroxylation is 2. The molecule has 1 heterocycles. The van der Waals surface area contributed by atoms with Gasteiger partial charge < -0.3 is 4.98 Å². The van der Waals surface area contributed by atoms with E-state index in [1.54, 1.807) is 0 Å². The van der Waals surface area contributed by atoms with E-state index >= 15 is 0 Å². The van der Waals surface area contributed by atoms with Crippen molar-refractivity contribution in [1.29, 1.82) is 0 Å². The zero-order valence-corrected chi connectivity index (χ0v) is 7.91. The minimum atomic E-state index is 1.12. The van der Waals surface area contributed by atoms with Gasteiger partial charge in [0.15, 0.2) is 0 Å². The van der Waals surface area contributed by atoms with Crippen molar-refractivity contribution < 1.29 is 0 Å². The molecule has 0 spiro atoms. The first kappa shape index (κ1) is 8.38. The molecule has 0 atom stereocenters. The topological polar surface area (TPSA) is 15.8 Å². The molecular weight excluding hydrogens is 134 g/mol. The monoisotopic (exact) mass is 151 g/mol. The van der Waals surface area contributed by atoms with Crippen molar-refractivity contribution in [1.82, 2.24) is 4.98 Å². The first-order valence-electron chi connectivity index (χ1n) is 4.37. The lowest BCUT2D eigenvalue weighted by atomic mass is 10.1. The second-order valence-electron chi connectivity index (χ2n) is 3.04. The predicted octanol–water partition coefficient (Wildman–Crippen LogP) is 2.76. The summed E-state index contributed by atoms with van der Waals surface area (Å²) in [7, 11) is 0. The lowest BCUT2D eigenvalue weighted by molar-refractivity contribution is 0.992. The fraction of sp³-hybridized carbons (Fsp3) is 0.600. The molecule has 1 aromatic rings. The van der Waals surface area contributed by atoms with Crippen molar-refractivity contribution in [3.8, 4) is 0 Å². The lowest BCUT2D eigenvalue weighted by Gasteiger charge is -1.97. The van der Waals surface area contributed by atoms with Gasteiger partial charge >= 0.3 is 0 Å². The van der Waals surface area contributed by atoms with E-state index in [4.69, 9.17) is 0 Å². The maximum absolute atomic E-state index is 3.41. The standard InChI is InChI=1S/C10H17N/c1-5-9-7(3)8(4)11-10(9)6-2/h11H,5-6H2,1-4H3. The Morgan fingerprint density at radius 2 is 1.73 bits per heavy atom. The Bertz CT molecular complexity index is 246. The summed E-state index contributed by atoms with van der Waals surface area (Å²) in [5.74, 6) is 0. The quantitative estimate of drug-likeness (QED) is 0.669. The number of hydrogen-bond acceptors (Lipinski definition) is 0. The number of aromatic nitrogens is 1. The molecule has 62 valence electrons. The Hall–Kier alpha value is -0.720. The SMILES string of the molecule is CCc1[nH]c(C)c(C)c1CC. The maximum Gasteiger partial charge on any atom is 0.0181 e. The van der Waals surface area contributed by atoms with Gasteiger partial charge in [-0.05, 0) is 37.8 Å². The molecule has 1 N–H and O–H groups in total. The molecule has 1 aromatic heterocycles. The molecule has 0 radical (unpaired) electrons. The van der Waals surface area contributed by atoms with Gasteiger partial charge in [-0.3, -0.25) is 0 Å². The van der Waals surface area contributed by atoms with Crippen LogP contribution in [0.25, 0.3) is 0 Å². The zero-order valence-electron chi connectivity index (χ0n) is 7.91. The van der Waals surface area contributed by atoms with Crippen LogP contribution < -0.4 is 0 Å². The molecule has 1 nitrogen and oxygen atoms in total. The van der Waals surface area contributed by atoms with E-state index in [1.165, 1.54) is 22.5 Å². The van der Waals surface area contributed by atoms with E-state index in [-0.39, 0.29) is 0 Å². The molecule has 0 bridgehead atoms. The van der Waals surface area contributed by atoms with Crippen LogP contribution in [0.2, 0.25) is 0 Å². The summed E-state index contributed by atoms with van der Waals surface area (Å²) >= 11 is 0. The van der Waals surface area contributed by atoms with Crippen LogP contribution in [0.15, 0.2) is 0 Å². The summed E-state index contributed by atoms with van der Waals surface area (Å²) in [4.78, 5) is 3.41. The fourth-order valence-corrected chi connectivity index (χ4v) is 1.63. The molecule has 0 fully saturated rings. The first-order chi connectivity index (χ1) is 5.20. The molecule has 0 unspecified atom stereocenters. The number of rotatable bonds is 2. The van der Waals surface area contributed by atoms with Crippen LogP contribution in [0, 0.1) is 13.8 Å². The minimum Gasteiger partial charge on any atom is -0.362 e. The van der Waals surface area contributed by atoms with Gasteiger partial charge in [-0.15, -0.1) is 0 Å². The van der Waals surface area contributed by atoms with E-state index in [0.717, 1.165) is 12.8 Å². The summed E-state index contributed by atoms with van der Waals surface area (Å²) in [6.07, 6.45) is 2.28. The summed E-state index contributed by atoms with van der Waals surface area (Å²) < 4.78 is 0. The molecule has 0 amide bonds. The van der Waals surface area contributed by atoms with Crippen LogP contribution in [0.5, 0.6) is 0 Å². The highest BCUT2D eigenvalue weighted by Gasteiger charge is 2.06. The van der Waals surface area contributed by atoms with Gasteiger partial charge in [-0.25, -0.2) is 0 Å². The molecular formula is C10H17N. The maximum atomic E-state index is 3.41. The van der Waals surface area contributed by atoms with Gasteiger partial charge in [0.25, 0.3) is 0 Å². The fourth-order valence-electron chi connectivity index (χ4n) is 1.63. The Labute approximate surface area is 68.8 Å². The summed E-state index contributed by atoms with van der Waals surface area (Å²) in [6.45, 7) is 8.76. The zero-order chi connectivity index (χ0) is 8.43. The van der Waals surface area contributed by atoms with Gasteiger partial charge in [0.2, 0.25) is 0 Å².